The number of hydrogen-bond donors (Lipinski definition) is 2. The smallest absolute Gasteiger partial charge is 0.185 e. The van der Waals surface area contributed by atoms with Gasteiger partial charge < -0.3 is 15.3 Å². The van der Waals surface area contributed by atoms with Crippen molar-refractivity contribution in [2.24, 2.45) is 0 Å². The van der Waals surface area contributed by atoms with Gasteiger partial charge in [-0.15, -0.1) is 11.3 Å². The number of anilines is 1. The van der Waals surface area contributed by atoms with Crippen LogP contribution in [-0.2, 0) is 13.0 Å². The lowest BCUT2D eigenvalue weighted by atomic mass is 10.1. The number of aliphatic hydroxyl groups excluding tert-OH is 1. The Balaban J connectivity index is 1.48. The Morgan fingerprint density at radius 2 is 2.17 bits per heavy atom. The number of aromatic nitrogens is 1. The minimum Gasteiger partial charge on any atom is -0.392 e. The van der Waals surface area contributed by atoms with Crippen molar-refractivity contribution >= 4 is 16.5 Å². The van der Waals surface area contributed by atoms with Crippen LogP contribution < -0.4 is 10.2 Å². The van der Waals surface area contributed by atoms with E-state index < -0.39 is 0 Å². The second kappa shape index (κ2) is 7.90. The van der Waals surface area contributed by atoms with Gasteiger partial charge in [-0.2, -0.15) is 0 Å². The maximum atomic E-state index is 9.23. The largest absolute Gasteiger partial charge is 0.392 e. The van der Waals surface area contributed by atoms with Gasteiger partial charge in [0.25, 0.3) is 0 Å². The first kappa shape index (κ1) is 16.4. The number of aliphatic hydroxyl groups is 1. The molecule has 1 aliphatic rings. The van der Waals surface area contributed by atoms with Crippen LogP contribution in [0.5, 0.6) is 0 Å². The zero-order valence-electron chi connectivity index (χ0n) is 13.7. The number of thiazole rings is 1. The summed E-state index contributed by atoms with van der Waals surface area (Å²) >= 11 is 1.77. The molecule has 23 heavy (non-hydrogen) atoms. The molecular weight excluding hydrogens is 306 g/mol. The number of nitrogens with zero attached hydrogens (tertiary/aromatic N) is 2. The first-order chi connectivity index (χ1) is 11.3. The third-order valence-electron chi connectivity index (χ3n) is 4.38. The Bertz CT molecular complexity index is 622. The van der Waals surface area contributed by atoms with E-state index in [1.807, 2.05) is 12.1 Å². The summed E-state index contributed by atoms with van der Waals surface area (Å²) < 4.78 is 0. The van der Waals surface area contributed by atoms with E-state index >= 15 is 0 Å². The lowest BCUT2D eigenvalue weighted by Gasteiger charge is -2.15. The maximum absolute atomic E-state index is 9.23. The Morgan fingerprint density at radius 3 is 2.96 bits per heavy atom. The Morgan fingerprint density at radius 1 is 1.35 bits per heavy atom. The highest BCUT2D eigenvalue weighted by atomic mass is 32.1. The molecule has 1 aromatic heterocycles. The molecule has 3 rings (SSSR count). The molecule has 4 nitrogen and oxygen atoms in total. The molecule has 0 aliphatic carbocycles. The number of rotatable bonds is 7. The van der Waals surface area contributed by atoms with Crippen molar-refractivity contribution in [3.05, 3.63) is 46.5 Å². The van der Waals surface area contributed by atoms with Crippen molar-refractivity contribution in [1.82, 2.24) is 10.3 Å². The standard InChI is InChI=1S/C18H25N3OS/c1-14(16-6-4-5-15(11-16)12-22)19-8-7-17-13-23-18(20-17)21-9-2-3-10-21/h4-6,11,13-14,19,22H,2-3,7-10,12H2,1H3. The van der Waals surface area contributed by atoms with Crippen molar-refractivity contribution in [2.75, 3.05) is 24.5 Å². The topological polar surface area (TPSA) is 48.4 Å². The van der Waals surface area contributed by atoms with Crippen molar-refractivity contribution in [3.63, 3.8) is 0 Å². The fourth-order valence-electron chi connectivity index (χ4n) is 2.96. The van der Waals surface area contributed by atoms with Crippen LogP contribution in [0.15, 0.2) is 29.6 Å². The average Bonchev–Trinajstić information content (AvgIpc) is 3.26. The zero-order valence-corrected chi connectivity index (χ0v) is 14.5. The van der Waals surface area contributed by atoms with Gasteiger partial charge in [0.05, 0.1) is 12.3 Å². The third kappa shape index (κ3) is 4.31. The monoisotopic (exact) mass is 331 g/mol. The van der Waals surface area contributed by atoms with Crippen LogP contribution in [0.1, 0.15) is 42.6 Å². The Labute approximate surface area is 142 Å². The van der Waals surface area contributed by atoms with Crippen LogP contribution in [0.25, 0.3) is 0 Å². The number of benzene rings is 1. The quantitative estimate of drug-likeness (QED) is 0.818. The SMILES string of the molecule is CC(NCCc1csc(N2CCCC2)n1)c1cccc(CO)c1. The van der Waals surface area contributed by atoms with Crippen molar-refractivity contribution in [1.29, 1.82) is 0 Å². The van der Waals surface area contributed by atoms with Crippen molar-refractivity contribution in [3.8, 4) is 0 Å². The van der Waals surface area contributed by atoms with Gasteiger partial charge in [-0.05, 0) is 30.9 Å². The van der Waals surface area contributed by atoms with E-state index in [2.05, 4.69) is 34.7 Å². The highest BCUT2D eigenvalue weighted by Gasteiger charge is 2.15. The predicted octanol–water partition coefficient (Wildman–Crippen LogP) is 3.13. The first-order valence-electron chi connectivity index (χ1n) is 8.38. The van der Waals surface area contributed by atoms with E-state index in [0.717, 1.165) is 31.6 Å². The molecule has 0 saturated carbocycles. The molecule has 0 bridgehead atoms. The molecule has 1 fully saturated rings. The molecule has 0 spiro atoms. The molecule has 5 heteroatoms. The molecule has 1 unspecified atom stereocenters. The van der Waals surface area contributed by atoms with Crippen LogP contribution in [0, 0.1) is 0 Å². The molecule has 2 aromatic rings. The predicted molar refractivity (Wildman–Crippen MR) is 96.0 cm³/mol. The fraction of sp³-hybridized carbons (Fsp3) is 0.500. The second-order valence-corrected chi connectivity index (χ2v) is 6.98. The van der Waals surface area contributed by atoms with E-state index in [0.29, 0.717) is 0 Å². The van der Waals surface area contributed by atoms with E-state index in [1.165, 1.54) is 29.2 Å². The van der Waals surface area contributed by atoms with Crippen LogP contribution in [-0.4, -0.2) is 29.7 Å². The minimum absolute atomic E-state index is 0.0959. The number of nitrogens with one attached hydrogen (secondary N) is 1. The normalized spacial score (nSPS) is 16.0. The van der Waals surface area contributed by atoms with Crippen molar-refractivity contribution < 1.29 is 5.11 Å². The Hall–Kier alpha value is -1.43. The van der Waals surface area contributed by atoms with E-state index in [9.17, 15) is 5.11 Å². The minimum atomic E-state index is 0.0959. The summed E-state index contributed by atoms with van der Waals surface area (Å²) in [5, 5.41) is 16.1. The summed E-state index contributed by atoms with van der Waals surface area (Å²) in [6, 6.07) is 8.39. The zero-order chi connectivity index (χ0) is 16.1. The molecule has 1 atom stereocenters. The highest BCUT2D eigenvalue weighted by molar-refractivity contribution is 7.13. The van der Waals surface area contributed by atoms with Gasteiger partial charge >= 0.3 is 0 Å². The first-order valence-corrected chi connectivity index (χ1v) is 9.26. The summed E-state index contributed by atoms with van der Waals surface area (Å²) in [5.41, 5.74) is 3.36. The summed E-state index contributed by atoms with van der Waals surface area (Å²) in [6.07, 6.45) is 3.54. The second-order valence-electron chi connectivity index (χ2n) is 6.14. The lowest BCUT2D eigenvalue weighted by molar-refractivity contribution is 0.281. The highest BCUT2D eigenvalue weighted by Crippen LogP contribution is 2.24. The van der Waals surface area contributed by atoms with Crippen LogP contribution in [0.2, 0.25) is 0 Å². The fourth-order valence-corrected chi connectivity index (χ4v) is 3.87. The summed E-state index contributed by atoms with van der Waals surface area (Å²) in [4.78, 5) is 7.15. The van der Waals surface area contributed by atoms with Crippen molar-refractivity contribution in [2.45, 2.75) is 38.8 Å². The number of hydrogen-bond acceptors (Lipinski definition) is 5. The summed E-state index contributed by atoms with van der Waals surface area (Å²) in [6.45, 7) is 5.48. The maximum Gasteiger partial charge on any atom is 0.185 e. The van der Waals surface area contributed by atoms with E-state index in [1.54, 1.807) is 11.3 Å². The van der Waals surface area contributed by atoms with Gasteiger partial charge in [-0.25, -0.2) is 4.98 Å². The molecule has 1 saturated heterocycles. The van der Waals surface area contributed by atoms with Gasteiger partial charge in [0, 0.05) is 37.5 Å². The van der Waals surface area contributed by atoms with Gasteiger partial charge in [0.15, 0.2) is 5.13 Å². The van der Waals surface area contributed by atoms with Gasteiger partial charge in [0.2, 0.25) is 0 Å². The molecular formula is C18H25N3OS. The van der Waals surface area contributed by atoms with Crippen LogP contribution >= 0.6 is 11.3 Å². The molecule has 2 N–H and O–H groups in total. The molecule has 0 amide bonds. The van der Waals surface area contributed by atoms with Gasteiger partial charge in [0.1, 0.15) is 0 Å². The lowest BCUT2D eigenvalue weighted by Crippen LogP contribution is -2.21. The molecule has 2 heterocycles. The van der Waals surface area contributed by atoms with Crippen LogP contribution in [0.4, 0.5) is 5.13 Å². The van der Waals surface area contributed by atoms with Crippen LogP contribution in [0.3, 0.4) is 0 Å². The molecule has 124 valence electrons. The molecule has 1 aromatic carbocycles. The van der Waals surface area contributed by atoms with E-state index in [-0.39, 0.29) is 12.6 Å². The molecule has 0 radical (unpaired) electrons. The average molecular weight is 331 g/mol. The molecule has 1 aliphatic heterocycles. The third-order valence-corrected chi connectivity index (χ3v) is 5.33. The summed E-state index contributed by atoms with van der Waals surface area (Å²) in [5.74, 6) is 0. The van der Waals surface area contributed by atoms with E-state index in [4.69, 9.17) is 4.98 Å². The summed E-state index contributed by atoms with van der Waals surface area (Å²) in [7, 11) is 0. The van der Waals surface area contributed by atoms with Gasteiger partial charge in [-0.1, -0.05) is 24.3 Å². The van der Waals surface area contributed by atoms with Gasteiger partial charge in [-0.3, -0.25) is 0 Å². The Kier molecular flexibility index (Phi) is 5.65.